The van der Waals surface area contributed by atoms with Crippen LogP contribution in [-0.4, -0.2) is 32.8 Å². The van der Waals surface area contributed by atoms with Crippen LogP contribution < -0.4 is 20.1 Å². The Bertz CT molecular complexity index is 464. The van der Waals surface area contributed by atoms with Crippen molar-refractivity contribution in [2.75, 3.05) is 37.7 Å². The van der Waals surface area contributed by atoms with E-state index in [1.165, 1.54) is 18.5 Å². The molecule has 0 aliphatic carbocycles. The van der Waals surface area contributed by atoms with E-state index in [0.717, 1.165) is 37.1 Å². The minimum Gasteiger partial charge on any atom is -0.486 e. The summed E-state index contributed by atoms with van der Waals surface area (Å²) in [6, 6.07) is 6.28. The molecule has 2 unspecified atom stereocenters. The lowest BCUT2D eigenvalue weighted by Gasteiger charge is -2.23. The van der Waals surface area contributed by atoms with E-state index >= 15 is 0 Å². The molecular formula is C16H24N2O2. The van der Waals surface area contributed by atoms with Crippen LogP contribution >= 0.6 is 0 Å². The van der Waals surface area contributed by atoms with Crippen molar-refractivity contribution >= 4 is 5.69 Å². The van der Waals surface area contributed by atoms with Gasteiger partial charge in [-0.1, -0.05) is 6.92 Å². The highest BCUT2D eigenvalue weighted by molar-refractivity contribution is 5.57. The normalized spacial score (nSPS) is 22.9. The van der Waals surface area contributed by atoms with E-state index in [0.29, 0.717) is 19.1 Å². The molecule has 1 fully saturated rings. The zero-order valence-electron chi connectivity index (χ0n) is 12.2. The van der Waals surface area contributed by atoms with Crippen molar-refractivity contribution in [2.45, 2.75) is 19.8 Å². The lowest BCUT2D eigenvalue weighted by Crippen LogP contribution is -2.22. The molecule has 2 N–H and O–H groups in total. The number of benzene rings is 1. The summed E-state index contributed by atoms with van der Waals surface area (Å²) in [6.45, 7) is 6.58. The molecular weight excluding hydrogens is 252 g/mol. The molecule has 3 rings (SSSR count). The number of nitrogens with zero attached hydrogens (tertiary/aromatic N) is 1. The molecule has 1 aromatic rings. The molecule has 0 radical (unpaired) electrons. The van der Waals surface area contributed by atoms with Crippen LogP contribution in [0.2, 0.25) is 0 Å². The molecule has 4 heteroatoms. The SMILES string of the molecule is CC(CN)CC1CCN(c2ccc3c(c2)OCCO3)C1. The summed E-state index contributed by atoms with van der Waals surface area (Å²) in [4.78, 5) is 2.45. The van der Waals surface area contributed by atoms with Crippen LogP contribution in [-0.2, 0) is 0 Å². The van der Waals surface area contributed by atoms with Gasteiger partial charge in [-0.2, -0.15) is 0 Å². The molecule has 0 bridgehead atoms. The van der Waals surface area contributed by atoms with E-state index in [1.54, 1.807) is 0 Å². The van der Waals surface area contributed by atoms with E-state index in [-0.39, 0.29) is 0 Å². The van der Waals surface area contributed by atoms with Crippen molar-refractivity contribution in [3.63, 3.8) is 0 Å². The van der Waals surface area contributed by atoms with Gasteiger partial charge in [-0.15, -0.1) is 0 Å². The van der Waals surface area contributed by atoms with Crippen LogP contribution in [0.4, 0.5) is 5.69 Å². The molecule has 1 saturated heterocycles. The van der Waals surface area contributed by atoms with Gasteiger partial charge in [-0.3, -0.25) is 0 Å². The first-order valence-corrected chi connectivity index (χ1v) is 7.61. The third-order valence-electron chi connectivity index (χ3n) is 4.31. The Kier molecular flexibility index (Phi) is 4.01. The maximum Gasteiger partial charge on any atom is 0.163 e. The van der Waals surface area contributed by atoms with Crippen molar-refractivity contribution in [1.29, 1.82) is 0 Å². The fraction of sp³-hybridized carbons (Fsp3) is 0.625. The van der Waals surface area contributed by atoms with Crippen molar-refractivity contribution in [1.82, 2.24) is 0 Å². The molecule has 2 atom stereocenters. The number of anilines is 1. The highest BCUT2D eigenvalue weighted by Gasteiger charge is 2.25. The summed E-state index contributed by atoms with van der Waals surface area (Å²) >= 11 is 0. The van der Waals surface area contributed by atoms with Gasteiger partial charge in [-0.25, -0.2) is 0 Å². The molecule has 0 saturated carbocycles. The quantitative estimate of drug-likeness (QED) is 0.916. The molecule has 2 aliphatic rings. The van der Waals surface area contributed by atoms with Gasteiger partial charge < -0.3 is 20.1 Å². The lowest BCUT2D eigenvalue weighted by molar-refractivity contribution is 0.171. The van der Waals surface area contributed by atoms with Crippen LogP contribution in [0.25, 0.3) is 0 Å². The highest BCUT2D eigenvalue weighted by Crippen LogP contribution is 2.36. The zero-order chi connectivity index (χ0) is 13.9. The molecule has 20 heavy (non-hydrogen) atoms. The maximum atomic E-state index is 5.73. The zero-order valence-corrected chi connectivity index (χ0v) is 12.2. The Morgan fingerprint density at radius 1 is 1.30 bits per heavy atom. The Morgan fingerprint density at radius 3 is 2.90 bits per heavy atom. The predicted octanol–water partition coefficient (Wildman–Crippen LogP) is 2.27. The molecule has 0 spiro atoms. The van der Waals surface area contributed by atoms with Gasteiger partial charge in [-0.05, 0) is 43.4 Å². The maximum absolute atomic E-state index is 5.73. The summed E-state index contributed by atoms with van der Waals surface area (Å²) in [5.41, 5.74) is 6.98. The monoisotopic (exact) mass is 276 g/mol. The Balaban J connectivity index is 1.65. The van der Waals surface area contributed by atoms with Crippen LogP contribution in [0, 0.1) is 11.8 Å². The van der Waals surface area contributed by atoms with Gasteiger partial charge in [0.05, 0.1) is 0 Å². The molecule has 0 aromatic heterocycles. The molecule has 2 heterocycles. The van der Waals surface area contributed by atoms with Gasteiger partial charge in [0.2, 0.25) is 0 Å². The van der Waals surface area contributed by atoms with Crippen LogP contribution in [0.5, 0.6) is 11.5 Å². The van der Waals surface area contributed by atoms with Gasteiger partial charge in [0.25, 0.3) is 0 Å². The first kappa shape index (κ1) is 13.6. The average Bonchev–Trinajstić information content (AvgIpc) is 2.95. The fourth-order valence-electron chi connectivity index (χ4n) is 3.15. The fourth-order valence-corrected chi connectivity index (χ4v) is 3.15. The topological polar surface area (TPSA) is 47.7 Å². The van der Waals surface area contributed by atoms with Crippen LogP contribution in [0.1, 0.15) is 19.8 Å². The summed E-state index contributed by atoms with van der Waals surface area (Å²) in [6.07, 6.45) is 2.50. The third-order valence-corrected chi connectivity index (χ3v) is 4.31. The molecule has 1 aromatic carbocycles. The number of fused-ring (bicyclic) bond motifs is 1. The van der Waals surface area contributed by atoms with Gasteiger partial charge >= 0.3 is 0 Å². The second-order valence-corrected chi connectivity index (χ2v) is 6.01. The summed E-state index contributed by atoms with van der Waals surface area (Å²) in [5, 5.41) is 0. The van der Waals surface area contributed by atoms with Crippen molar-refractivity contribution < 1.29 is 9.47 Å². The summed E-state index contributed by atoms with van der Waals surface area (Å²) < 4.78 is 11.2. The Hall–Kier alpha value is -1.42. The number of nitrogens with two attached hydrogens (primary N) is 1. The first-order valence-electron chi connectivity index (χ1n) is 7.61. The van der Waals surface area contributed by atoms with E-state index in [1.807, 2.05) is 6.07 Å². The predicted molar refractivity (Wildman–Crippen MR) is 80.6 cm³/mol. The third kappa shape index (κ3) is 2.85. The van der Waals surface area contributed by atoms with E-state index in [4.69, 9.17) is 15.2 Å². The number of hydrogen-bond donors (Lipinski definition) is 1. The van der Waals surface area contributed by atoms with Crippen molar-refractivity contribution in [2.24, 2.45) is 17.6 Å². The second-order valence-electron chi connectivity index (χ2n) is 6.01. The number of rotatable bonds is 4. The summed E-state index contributed by atoms with van der Waals surface area (Å²) in [7, 11) is 0. The number of ether oxygens (including phenoxy) is 2. The average molecular weight is 276 g/mol. The largest absolute Gasteiger partial charge is 0.486 e. The van der Waals surface area contributed by atoms with E-state index < -0.39 is 0 Å². The smallest absolute Gasteiger partial charge is 0.163 e. The summed E-state index contributed by atoms with van der Waals surface area (Å²) in [5.74, 6) is 3.14. The first-order chi connectivity index (χ1) is 9.76. The highest BCUT2D eigenvalue weighted by atomic mass is 16.6. The van der Waals surface area contributed by atoms with Gasteiger partial charge in [0.15, 0.2) is 11.5 Å². The standard InChI is InChI=1S/C16H24N2O2/c1-12(10-17)8-13-4-5-18(11-13)14-2-3-15-16(9-14)20-7-6-19-15/h2-3,9,12-13H,4-8,10-11,17H2,1H3. The molecule has 2 aliphatic heterocycles. The molecule has 4 nitrogen and oxygen atoms in total. The van der Waals surface area contributed by atoms with Crippen molar-refractivity contribution in [3.8, 4) is 11.5 Å². The van der Waals surface area contributed by atoms with E-state index in [2.05, 4.69) is 24.0 Å². The van der Waals surface area contributed by atoms with Gasteiger partial charge in [0.1, 0.15) is 13.2 Å². The second kappa shape index (κ2) is 5.92. The number of hydrogen-bond acceptors (Lipinski definition) is 4. The Labute approximate surface area is 120 Å². The van der Waals surface area contributed by atoms with E-state index in [9.17, 15) is 0 Å². The molecule has 110 valence electrons. The van der Waals surface area contributed by atoms with Crippen LogP contribution in [0.15, 0.2) is 18.2 Å². The van der Waals surface area contributed by atoms with Crippen LogP contribution in [0.3, 0.4) is 0 Å². The van der Waals surface area contributed by atoms with Gasteiger partial charge in [0, 0.05) is 24.8 Å². The Morgan fingerprint density at radius 2 is 2.10 bits per heavy atom. The molecule has 0 amide bonds. The lowest BCUT2D eigenvalue weighted by atomic mass is 9.95. The minimum absolute atomic E-state index is 0.625. The minimum atomic E-state index is 0.625. The van der Waals surface area contributed by atoms with Crippen molar-refractivity contribution in [3.05, 3.63) is 18.2 Å².